The number of nitrogens with one attached hydrogen (secondary N) is 1. The first-order valence-corrected chi connectivity index (χ1v) is 5.85. The number of ether oxygens (including phenoxy) is 1. The van der Waals surface area contributed by atoms with Gasteiger partial charge in [-0.05, 0) is 25.5 Å². The second-order valence-corrected chi connectivity index (χ2v) is 4.23. The highest BCUT2D eigenvalue weighted by molar-refractivity contribution is 5.92. The minimum absolute atomic E-state index is 0.184. The van der Waals surface area contributed by atoms with Gasteiger partial charge in [-0.3, -0.25) is 4.79 Å². The molecule has 0 saturated carbocycles. The molecule has 0 aliphatic rings. The molecule has 100 valence electrons. The van der Waals surface area contributed by atoms with Crippen molar-refractivity contribution in [3.05, 3.63) is 35.1 Å². The molecule has 0 spiro atoms. The monoisotopic (exact) mass is 254 g/mol. The molecule has 0 aliphatic carbocycles. The van der Waals surface area contributed by atoms with Gasteiger partial charge in [0.25, 0.3) is 0 Å². The maximum absolute atomic E-state index is 13.6. The number of nitrogens with two attached hydrogens (primary N) is 1. The molecular weight excluding hydrogens is 235 g/mol. The Morgan fingerprint density at radius 1 is 1.56 bits per heavy atom. The van der Waals surface area contributed by atoms with Gasteiger partial charge in [0.05, 0.1) is 0 Å². The molecule has 0 radical (unpaired) electrons. The minimum Gasteiger partial charge on any atom is -0.385 e. The molecule has 18 heavy (non-hydrogen) atoms. The molecule has 1 aromatic rings. The maximum Gasteiger partial charge on any atom is 0.248 e. The number of halogens is 1. The van der Waals surface area contributed by atoms with Gasteiger partial charge in [-0.2, -0.15) is 0 Å². The molecule has 1 amide bonds. The van der Waals surface area contributed by atoms with Crippen molar-refractivity contribution in [3.63, 3.8) is 0 Å². The average Bonchev–Trinajstić information content (AvgIpc) is 2.34. The highest BCUT2D eigenvalue weighted by atomic mass is 19.1. The third-order valence-corrected chi connectivity index (χ3v) is 2.73. The number of carbonyl (C=O) groups excluding carboxylic acids is 1. The lowest BCUT2D eigenvalue weighted by atomic mass is 10.1. The van der Waals surface area contributed by atoms with Crippen LogP contribution in [-0.4, -0.2) is 25.7 Å². The van der Waals surface area contributed by atoms with Gasteiger partial charge in [0.2, 0.25) is 5.91 Å². The second-order valence-electron chi connectivity index (χ2n) is 4.23. The van der Waals surface area contributed by atoms with Crippen molar-refractivity contribution in [3.8, 4) is 0 Å². The highest BCUT2D eigenvalue weighted by Gasteiger charge is 2.08. The topological polar surface area (TPSA) is 64.3 Å². The predicted octanol–water partition coefficient (Wildman–Crippen LogP) is 1.44. The summed E-state index contributed by atoms with van der Waals surface area (Å²) in [5.41, 5.74) is 5.78. The Bertz CT molecular complexity index is 410. The van der Waals surface area contributed by atoms with E-state index < -0.39 is 11.7 Å². The third kappa shape index (κ3) is 4.43. The molecule has 0 fully saturated rings. The van der Waals surface area contributed by atoms with Crippen molar-refractivity contribution < 1.29 is 13.9 Å². The molecule has 1 rings (SSSR count). The summed E-state index contributed by atoms with van der Waals surface area (Å²) >= 11 is 0. The number of hydrogen-bond donors (Lipinski definition) is 2. The zero-order chi connectivity index (χ0) is 13.5. The molecule has 0 aliphatic heterocycles. The number of hydrogen-bond acceptors (Lipinski definition) is 3. The van der Waals surface area contributed by atoms with Crippen molar-refractivity contribution in [2.45, 2.75) is 25.9 Å². The molecule has 3 N–H and O–H groups in total. The van der Waals surface area contributed by atoms with E-state index in [0.717, 1.165) is 6.42 Å². The number of carbonyl (C=O) groups is 1. The molecule has 1 aromatic carbocycles. The third-order valence-electron chi connectivity index (χ3n) is 2.73. The Labute approximate surface area is 106 Å². The van der Waals surface area contributed by atoms with E-state index in [4.69, 9.17) is 10.5 Å². The van der Waals surface area contributed by atoms with Gasteiger partial charge in [-0.15, -0.1) is 0 Å². The van der Waals surface area contributed by atoms with Gasteiger partial charge in [-0.1, -0.05) is 6.07 Å². The van der Waals surface area contributed by atoms with Crippen LogP contribution in [0.4, 0.5) is 4.39 Å². The molecule has 5 heteroatoms. The van der Waals surface area contributed by atoms with Crippen LogP contribution in [0.25, 0.3) is 0 Å². The first-order chi connectivity index (χ1) is 8.54. The Balaban J connectivity index is 2.55. The summed E-state index contributed by atoms with van der Waals surface area (Å²) in [6.45, 7) is 3.09. The summed E-state index contributed by atoms with van der Waals surface area (Å²) in [5, 5.41) is 3.19. The first-order valence-electron chi connectivity index (χ1n) is 5.85. The molecule has 0 saturated heterocycles. The molecule has 0 heterocycles. The molecule has 1 atom stereocenters. The summed E-state index contributed by atoms with van der Waals surface area (Å²) in [6.07, 6.45) is 0.859. The summed E-state index contributed by atoms with van der Waals surface area (Å²) in [7, 11) is 1.65. The van der Waals surface area contributed by atoms with Crippen LogP contribution in [0.2, 0.25) is 0 Å². The fourth-order valence-corrected chi connectivity index (χ4v) is 1.52. The smallest absolute Gasteiger partial charge is 0.248 e. The van der Waals surface area contributed by atoms with Gasteiger partial charge in [0.15, 0.2) is 0 Å². The van der Waals surface area contributed by atoms with Gasteiger partial charge in [0.1, 0.15) is 5.82 Å². The molecule has 4 nitrogen and oxygen atoms in total. The zero-order valence-corrected chi connectivity index (χ0v) is 10.7. The van der Waals surface area contributed by atoms with Crippen LogP contribution in [0.1, 0.15) is 29.3 Å². The van der Waals surface area contributed by atoms with Crippen molar-refractivity contribution >= 4 is 5.91 Å². The van der Waals surface area contributed by atoms with Crippen LogP contribution < -0.4 is 11.1 Å². The van der Waals surface area contributed by atoms with Gasteiger partial charge in [0, 0.05) is 37.4 Å². The van der Waals surface area contributed by atoms with E-state index in [0.29, 0.717) is 18.7 Å². The fraction of sp³-hybridized carbons (Fsp3) is 0.462. The molecular formula is C13H19FN2O2. The standard InChI is InChI=1S/C13H19FN2O2/c1-9(5-6-18-2)16-8-11-4-3-10(13(15)17)7-12(11)14/h3-4,7,9,16H,5-6,8H2,1-2H3,(H2,15,17). The Morgan fingerprint density at radius 2 is 2.28 bits per heavy atom. The average molecular weight is 254 g/mol. The SMILES string of the molecule is COCCC(C)NCc1ccc(C(N)=O)cc1F. The minimum atomic E-state index is -0.623. The Hall–Kier alpha value is -1.46. The number of methoxy groups -OCH3 is 1. The van der Waals surface area contributed by atoms with Crippen molar-refractivity contribution in [2.75, 3.05) is 13.7 Å². The highest BCUT2D eigenvalue weighted by Crippen LogP contribution is 2.10. The van der Waals surface area contributed by atoms with Crippen LogP contribution in [-0.2, 0) is 11.3 Å². The largest absolute Gasteiger partial charge is 0.385 e. The van der Waals surface area contributed by atoms with Crippen LogP contribution in [0, 0.1) is 5.82 Å². The van der Waals surface area contributed by atoms with Crippen LogP contribution in [0.15, 0.2) is 18.2 Å². The predicted molar refractivity (Wildman–Crippen MR) is 67.7 cm³/mol. The van der Waals surface area contributed by atoms with Crippen LogP contribution >= 0.6 is 0 Å². The molecule has 0 bridgehead atoms. The van der Waals surface area contributed by atoms with E-state index in [1.807, 2.05) is 6.92 Å². The van der Waals surface area contributed by atoms with E-state index in [2.05, 4.69) is 5.32 Å². The van der Waals surface area contributed by atoms with Gasteiger partial charge < -0.3 is 15.8 Å². The van der Waals surface area contributed by atoms with Gasteiger partial charge in [-0.25, -0.2) is 4.39 Å². The van der Waals surface area contributed by atoms with E-state index in [9.17, 15) is 9.18 Å². The number of rotatable bonds is 7. The Kier molecular flexibility index (Phi) is 5.74. The van der Waals surface area contributed by atoms with E-state index >= 15 is 0 Å². The number of amides is 1. The fourth-order valence-electron chi connectivity index (χ4n) is 1.52. The van der Waals surface area contributed by atoms with E-state index in [1.165, 1.54) is 12.1 Å². The molecule has 1 unspecified atom stereocenters. The maximum atomic E-state index is 13.6. The first kappa shape index (κ1) is 14.6. The summed E-state index contributed by atoms with van der Waals surface area (Å²) in [6, 6.07) is 4.51. The van der Waals surface area contributed by atoms with Crippen LogP contribution in [0.3, 0.4) is 0 Å². The van der Waals surface area contributed by atoms with Crippen molar-refractivity contribution in [2.24, 2.45) is 5.73 Å². The number of primary amides is 1. The van der Waals surface area contributed by atoms with Crippen molar-refractivity contribution in [1.29, 1.82) is 0 Å². The molecule has 0 aromatic heterocycles. The summed E-state index contributed by atoms with van der Waals surface area (Å²) < 4.78 is 18.6. The lowest BCUT2D eigenvalue weighted by Crippen LogP contribution is -2.27. The quantitative estimate of drug-likeness (QED) is 0.774. The Morgan fingerprint density at radius 3 is 2.83 bits per heavy atom. The lowest BCUT2D eigenvalue weighted by Gasteiger charge is -2.13. The normalized spacial score (nSPS) is 12.4. The lowest BCUT2D eigenvalue weighted by molar-refractivity contribution is 0.1000. The second kappa shape index (κ2) is 7.08. The summed E-state index contributed by atoms with van der Waals surface area (Å²) in [5.74, 6) is -1.04. The van der Waals surface area contributed by atoms with Crippen LogP contribution in [0.5, 0.6) is 0 Å². The summed E-state index contributed by atoms with van der Waals surface area (Å²) in [4.78, 5) is 10.9. The number of benzene rings is 1. The van der Waals surface area contributed by atoms with E-state index in [-0.39, 0.29) is 11.6 Å². The zero-order valence-electron chi connectivity index (χ0n) is 10.7. The van der Waals surface area contributed by atoms with Gasteiger partial charge >= 0.3 is 0 Å². The van der Waals surface area contributed by atoms with Crippen molar-refractivity contribution in [1.82, 2.24) is 5.32 Å². The van der Waals surface area contributed by atoms with E-state index in [1.54, 1.807) is 13.2 Å².